The van der Waals surface area contributed by atoms with Crippen molar-refractivity contribution in [1.29, 1.82) is 0 Å². The number of aromatic nitrogens is 2. The van der Waals surface area contributed by atoms with Gasteiger partial charge in [0.15, 0.2) is 0 Å². The van der Waals surface area contributed by atoms with Gasteiger partial charge in [0, 0.05) is 18.4 Å². The number of hydrogen-bond acceptors (Lipinski definition) is 6. The molecule has 2 N–H and O–H groups in total. The standard InChI is InChI=1S/C13H12N4O3S/c1-20-6-11-16-17-13(21-11)15-12(19)7-2-3-9-8(4-7)5-10(18)14-9/h2-4H,5-6H2,1H3,(H,14,18)(H,15,17,19). The van der Waals surface area contributed by atoms with Crippen LogP contribution in [0.1, 0.15) is 20.9 Å². The lowest BCUT2D eigenvalue weighted by Crippen LogP contribution is -2.11. The fraction of sp³-hybridized carbons (Fsp3) is 0.231. The Kier molecular flexibility index (Phi) is 3.63. The molecule has 3 rings (SSSR count). The number of carbonyl (C=O) groups excluding carboxylic acids is 2. The van der Waals surface area contributed by atoms with Crippen molar-refractivity contribution in [3.8, 4) is 0 Å². The molecular weight excluding hydrogens is 292 g/mol. The third-order valence-corrected chi connectivity index (χ3v) is 3.76. The van der Waals surface area contributed by atoms with Crippen molar-refractivity contribution in [3.63, 3.8) is 0 Å². The summed E-state index contributed by atoms with van der Waals surface area (Å²) >= 11 is 1.26. The second-order valence-electron chi connectivity index (χ2n) is 4.48. The highest BCUT2D eigenvalue weighted by molar-refractivity contribution is 7.15. The smallest absolute Gasteiger partial charge is 0.257 e. The minimum Gasteiger partial charge on any atom is -0.377 e. The Morgan fingerprint density at radius 1 is 1.48 bits per heavy atom. The second-order valence-corrected chi connectivity index (χ2v) is 5.55. The summed E-state index contributed by atoms with van der Waals surface area (Å²) in [6, 6.07) is 5.10. The molecule has 8 heteroatoms. The van der Waals surface area contributed by atoms with Gasteiger partial charge in [-0.3, -0.25) is 14.9 Å². The molecule has 0 radical (unpaired) electrons. The average Bonchev–Trinajstić information content (AvgIpc) is 3.03. The fourth-order valence-electron chi connectivity index (χ4n) is 2.03. The van der Waals surface area contributed by atoms with Gasteiger partial charge in [-0.2, -0.15) is 0 Å². The van der Waals surface area contributed by atoms with E-state index in [2.05, 4.69) is 20.8 Å². The van der Waals surface area contributed by atoms with Crippen molar-refractivity contribution in [1.82, 2.24) is 10.2 Å². The molecule has 0 saturated carbocycles. The molecule has 1 aliphatic heterocycles. The Bertz CT molecular complexity index is 713. The van der Waals surface area contributed by atoms with E-state index in [4.69, 9.17) is 4.74 Å². The predicted molar refractivity (Wildman–Crippen MR) is 77.4 cm³/mol. The van der Waals surface area contributed by atoms with E-state index in [-0.39, 0.29) is 11.8 Å². The molecule has 0 atom stereocenters. The first-order valence-electron chi connectivity index (χ1n) is 6.21. The normalized spacial score (nSPS) is 12.9. The van der Waals surface area contributed by atoms with E-state index < -0.39 is 0 Å². The summed E-state index contributed by atoms with van der Waals surface area (Å²) in [5.41, 5.74) is 2.06. The maximum absolute atomic E-state index is 12.2. The van der Waals surface area contributed by atoms with Gasteiger partial charge >= 0.3 is 0 Å². The number of anilines is 2. The zero-order valence-electron chi connectivity index (χ0n) is 11.2. The highest BCUT2D eigenvalue weighted by atomic mass is 32.1. The number of ether oxygens (including phenoxy) is 1. The Labute approximate surface area is 124 Å². The molecule has 0 aliphatic carbocycles. The van der Waals surface area contributed by atoms with Crippen LogP contribution < -0.4 is 10.6 Å². The summed E-state index contributed by atoms with van der Waals surface area (Å²) in [5, 5.41) is 14.3. The number of hydrogen-bond donors (Lipinski definition) is 2. The van der Waals surface area contributed by atoms with E-state index in [1.54, 1.807) is 25.3 Å². The largest absolute Gasteiger partial charge is 0.377 e. The molecule has 0 fully saturated rings. The Hall–Kier alpha value is -2.32. The molecule has 1 aliphatic rings. The van der Waals surface area contributed by atoms with Crippen LogP contribution in [0.3, 0.4) is 0 Å². The monoisotopic (exact) mass is 304 g/mol. The number of benzene rings is 1. The number of nitrogens with zero attached hydrogens (tertiary/aromatic N) is 2. The van der Waals surface area contributed by atoms with Gasteiger partial charge < -0.3 is 10.1 Å². The maximum atomic E-state index is 12.2. The molecule has 7 nitrogen and oxygen atoms in total. The van der Waals surface area contributed by atoms with Crippen LogP contribution in [0.2, 0.25) is 0 Å². The molecule has 1 aromatic heterocycles. The summed E-state index contributed by atoms with van der Waals surface area (Å²) in [7, 11) is 1.57. The van der Waals surface area contributed by atoms with Gasteiger partial charge in [0.05, 0.1) is 6.42 Å². The Morgan fingerprint density at radius 3 is 3.14 bits per heavy atom. The summed E-state index contributed by atoms with van der Waals surface area (Å²) in [5.74, 6) is -0.340. The highest BCUT2D eigenvalue weighted by Crippen LogP contribution is 2.24. The Morgan fingerprint density at radius 2 is 2.33 bits per heavy atom. The lowest BCUT2D eigenvalue weighted by Gasteiger charge is -2.03. The van der Waals surface area contributed by atoms with E-state index in [9.17, 15) is 9.59 Å². The van der Waals surface area contributed by atoms with Crippen LogP contribution in [0.15, 0.2) is 18.2 Å². The first-order valence-corrected chi connectivity index (χ1v) is 7.03. The molecule has 0 spiro atoms. The molecule has 2 aromatic rings. The third kappa shape index (κ3) is 2.91. The minimum absolute atomic E-state index is 0.0594. The van der Waals surface area contributed by atoms with Gasteiger partial charge in [-0.1, -0.05) is 11.3 Å². The van der Waals surface area contributed by atoms with E-state index >= 15 is 0 Å². The van der Waals surface area contributed by atoms with Gasteiger partial charge in [0.25, 0.3) is 5.91 Å². The van der Waals surface area contributed by atoms with E-state index in [1.807, 2.05) is 0 Å². The summed E-state index contributed by atoms with van der Waals surface area (Å²) < 4.78 is 4.95. The lowest BCUT2D eigenvalue weighted by molar-refractivity contribution is -0.115. The quantitative estimate of drug-likeness (QED) is 0.891. The van der Waals surface area contributed by atoms with E-state index in [1.165, 1.54) is 11.3 Å². The molecule has 2 heterocycles. The van der Waals surface area contributed by atoms with Crippen molar-refractivity contribution in [3.05, 3.63) is 34.3 Å². The van der Waals surface area contributed by atoms with Crippen LogP contribution in [-0.4, -0.2) is 29.1 Å². The molecule has 0 bridgehead atoms. The van der Waals surface area contributed by atoms with E-state index in [0.29, 0.717) is 28.7 Å². The van der Waals surface area contributed by atoms with Gasteiger partial charge in [0.2, 0.25) is 11.0 Å². The minimum atomic E-state index is -0.280. The van der Waals surface area contributed by atoms with Crippen molar-refractivity contribution in [2.24, 2.45) is 0 Å². The maximum Gasteiger partial charge on any atom is 0.257 e. The number of nitrogens with one attached hydrogen (secondary N) is 2. The zero-order valence-corrected chi connectivity index (χ0v) is 12.0. The van der Waals surface area contributed by atoms with Crippen molar-refractivity contribution in [2.45, 2.75) is 13.0 Å². The molecule has 0 saturated heterocycles. The van der Waals surface area contributed by atoms with Crippen LogP contribution in [-0.2, 0) is 22.6 Å². The van der Waals surface area contributed by atoms with Crippen molar-refractivity contribution < 1.29 is 14.3 Å². The second kappa shape index (κ2) is 5.58. The number of methoxy groups -OCH3 is 1. The SMILES string of the molecule is COCc1nnc(NC(=O)c2ccc3c(c2)CC(=O)N3)s1. The van der Waals surface area contributed by atoms with Crippen molar-refractivity contribution in [2.75, 3.05) is 17.7 Å². The van der Waals surface area contributed by atoms with Crippen LogP contribution in [0, 0.1) is 0 Å². The van der Waals surface area contributed by atoms with Crippen LogP contribution in [0.25, 0.3) is 0 Å². The first kappa shape index (κ1) is 13.7. The number of amides is 2. The third-order valence-electron chi connectivity index (χ3n) is 2.95. The van der Waals surface area contributed by atoms with Gasteiger partial charge in [-0.05, 0) is 23.8 Å². The fourth-order valence-corrected chi connectivity index (χ4v) is 2.73. The van der Waals surface area contributed by atoms with Crippen LogP contribution in [0.5, 0.6) is 0 Å². The lowest BCUT2D eigenvalue weighted by atomic mass is 10.1. The van der Waals surface area contributed by atoms with Crippen molar-refractivity contribution >= 4 is 34.0 Å². The molecule has 0 unspecified atom stereocenters. The first-order chi connectivity index (χ1) is 10.2. The summed E-state index contributed by atoms with van der Waals surface area (Å²) in [6.07, 6.45) is 0.299. The summed E-state index contributed by atoms with van der Waals surface area (Å²) in [6.45, 7) is 0.361. The molecule has 21 heavy (non-hydrogen) atoms. The van der Waals surface area contributed by atoms with Crippen LogP contribution in [0.4, 0.5) is 10.8 Å². The Balaban J connectivity index is 1.73. The van der Waals surface area contributed by atoms with Crippen LogP contribution >= 0.6 is 11.3 Å². The topological polar surface area (TPSA) is 93.2 Å². The highest BCUT2D eigenvalue weighted by Gasteiger charge is 2.19. The number of fused-ring (bicyclic) bond motifs is 1. The molecule has 1 aromatic carbocycles. The molecular formula is C13H12N4O3S. The van der Waals surface area contributed by atoms with E-state index in [0.717, 1.165) is 11.3 Å². The van der Waals surface area contributed by atoms with Gasteiger partial charge in [0.1, 0.15) is 11.6 Å². The number of carbonyl (C=O) groups is 2. The number of rotatable bonds is 4. The zero-order chi connectivity index (χ0) is 14.8. The average molecular weight is 304 g/mol. The van der Waals surface area contributed by atoms with Gasteiger partial charge in [-0.15, -0.1) is 10.2 Å². The molecule has 108 valence electrons. The predicted octanol–water partition coefficient (Wildman–Crippen LogP) is 1.43. The van der Waals surface area contributed by atoms with Gasteiger partial charge in [-0.25, -0.2) is 0 Å². The summed E-state index contributed by atoms with van der Waals surface area (Å²) in [4.78, 5) is 23.5. The molecule has 2 amide bonds.